The van der Waals surface area contributed by atoms with Crippen LogP contribution in [0.5, 0.6) is 0 Å². The molecule has 86 valence electrons. The highest BCUT2D eigenvalue weighted by Crippen LogP contribution is 2.30. The van der Waals surface area contributed by atoms with Crippen LogP contribution in [0.2, 0.25) is 0 Å². The van der Waals surface area contributed by atoms with Crippen LogP contribution in [0.4, 0.5) is 11.4 Å². The Morgan fingerprint density at radius 1 is 1.47 bits per heavy atom. The number of nitrogen functional groups attached to an aromatic ring is 2. The quantitative estimate of drug-likeness (QED) is 0.256. The van der Waals surface area contributed by atoms with Crippen LogP contribution in [0.25, 0.3) is 0 Å². The lowest BCUT2D eigenvalue weighted by Crippen LogP contribution is -1.97. The van der Waals surface area contributed by atoms with Crippen molar-refractivity contribution in [1.82, 2.24) is 4.98 Å². The summed E-state index contributed by atoms with van der Waals surface area (Å²) in [6, 6.07) is 0. The van der Waals surface area contributed by atoms with E-state index in [2.05, 4.69) is 41.2 Å². The summed E-state index contributed by atoms with van der Waals surface area (Å²) >= 11 is 3.89. The molecule has 0 amide bonds. The number of aromatic nitrogens is 1. The maximum absolute atomic E-state index is 9.01. The summed E-state index contributed by atoms with van der Waals surface area (Å²) < 4.78 is 20.5. The molecule has 0 radical (unpaired) electrons. The molecule has 1 rings (SSSR count). The Hall–Kier alpha value is -0.260. The SMILES string of the molecule is Nc1cnc(Br)c(Br)c1N.O=S(O)OO. The second-order valence-corrected chi connectivity index (χ2v) is 4.15. The van der Waals surface area contributed by atoms with Gasteiger partial charge >= 0.3 is 11.4 Å². The zero-order chi connectivity index (χ0) is 12.0. The maximum atomic E-state index is 9.01. The van der Waals surface area contributed by atoms with Gasteiger partial charge in [-0.2, -0.15) is 4.21 Å². The third-order valence-electron chi connectivity index (χ3n) is 1.11. The Morgan fingerprint density at radius 3 is 2.27 bits per heavy atom. The summed E-state index contributed by atoms with van der Waals surface area (Å²) in [5.74, 6) is 0. The first-order chi connectivity index (χ1) is 6.90. The lowest BCUT2D eigenvalue weighted by atomic mass is 10.4. The smallest absolute Gasteiger partial charge is 0.330 e. The van der Waals surface area contributed by atoms with Gasteiger partial charge in [0.1, 0.15) is 4.60 Å². The number of nitrogens with zero attached hydrogens (tertiary/aromatic N) is 1. The number of nitrogens with two attached hydrogens (primary N) is 2. The average molecular weight is 365 g/mol. The number of anilines is 2. The molecule has 1 atom stereocenters. The van der Waals surface area contributed by atoms with Crippen molar-refractivity contribution in [3.63, 3.8) is 0 Å². The van der Waals surface area contributed by atoms with Crippen molar-refractivity contribution in [3.8, 4) is 0 Å². The molecule has 1 heterocycles. The van der Waals surface area contributed by atoms with E-state index in [0.717, 1.165) is 0 Å². The van der Waals surface area contributed by atoms with Gasteiger partial charge in [0.25, 0.3) is 0 Å². The van der Waals surface area contributed by atoms with Crippen LogP contribution < -0.4 is 11.5 Å². The molecule has 0 bridgehead atoms. The van der Waals surface area contributed by atoms with E-state index in [1.807, 2.05) is 0 Å². The normalized spacial score (nSPS) is 11.5. The van der Waals surface area contributed by atoms with Crippen molar-refractivity contribution in [2.24, 2.45) is 0 Å². The largest absolute Gasteiger partial charge is 0.396 e. The maximum Gasteiger partial charge on any atom is 0.330 e. The van der Waals surface area contributed by atoms with E-state index < -0.39 is 11.4 Å². The highest BCUT2D eigenvalue weighted by molar-refractivity contribution is 9.13. The monoisotopic (exact) mass is 363 g/mol. The molecule has 0 aliphatic rings. The molecule has 10 heteroatoms. The van der Waals surface area contributed by atoms with Crippen molar-refractivity contribution in [3.05, 3.63) is 15.3 Å². The fourth-order valence-corrected chi connectivity index (χ4v) is 1.14. The molecule has 1 unspecified atom stereocenters. The van der Waals surface area contributed by atoms with Gasteiger partial charge in [-0.25, -0.2) is 10.2 Å². The van der Waals surface area contributed by atoms with Gasteiger partial charge < -0.3 is 11.5 Å². The van der Waals surface area contributed by atoms with E-state index in [1.54, 1.807) is 0 Å². The predicted octanol–water partition coefficient (Wildman–Crippen LogP) is 1.38. The molecule has 0 fully saturated rings. The van der Waals surface area contributed by atoms with Gasteiger partial charge in [0.15, 0.2) is 0 Å². The highest BCUT2D eigenvalue weighted by Gasteiger charge is 2.03. The van der Waals surface area contributed by atoms with Gasteiger partial charge in [-0.1, -0.05) is 0 Å². The molecule has 6 N–H and O–H groups in total. The van der Waals surface area contributed by atoms with Crippen LogP contribution in [-0.2, 0) is 15.7 Å². The Morgan fingerprint density at radius 2 is 1.93 bits per heavy atom. The van der Waals surface area contributed by atoms with E-state index in [9.17, 15) is 0 Å². The van der Waals surface area contributed by atoms with E-state index in [1.165, 1.54) is 6.20 Å². The van der Waals surface area contributed by atoms with Gasteiger partial charge in [0, 0.05) is 0 Å². The van der Waals surface area contributed by atoms with Crippen molar-refractivity contribution in [1.29, 1.82) is 0 Å². The molecule has 0 spiro atoms. The van der Waals surface area contributed by atoms with E-state index in [4.69, 9.17) is 25.5 Å². The number of hydrogen-bond donors (Lipinski definition) is 4. The molecule has 0 saturated carbocycles. The zero-order valence-corrected chi connectivity index (χ0v) is 11.0. The van der Waals surface area contributed by atoms with Crippen molar-refractivity contribution in [2.45, 2.75) is 0 Å². The third-order valence-corrected chi connectivity index (χ3v) is 3.17. The van der Waals surface area contributed by atoms with Crippen LogP contribution in [0, 0.1) is 0 Å². The number of pyridine rings is 1. The summed E-state index contributed by atoms with van der Waals surface area (Å²) in [4.78, 5) is 3.90. The van der Waals surface area contributed by atoms with Crippen LogP contribution in [0.15, 0.2) is 15.3 Å². The van der Waals surface area contributed by atoms with Crippen LogP contribution in [-0.4, -0.2) is 19.0 Å². The lowest BCUT2D eigenvalue weighted by Gasteiger charge is -2.01. The predicted molar refractivity (Wildman–Crippen MR) is 62.9 cm³/mol. The average Bonchev–Trinajstić information content (AvgIpc) is 2.21. The van der Waals surface area contributed by atoms with E-state index >= 15 is 0 Å². The van der Waals surface area contributed by atoms with Crippen molar-refractivity contribution < 1.29 is 18.4 Å². The molecule has 0 aliphatic carbocycles. The van der Waals surface area contributed by atoms with Gasteiger partial charge in [0.05, 0.1) is 22.0 Å². The van der Waals surface area contributed by atoms with Crippen LogP contribution in [0.1, 0.15) is 0 Å². The fourth-order valence-electron chi connectivity index (χ4n) is 0.490. The Bertz CT molecular complexity index is 337. The lowest BCUT2D eigenvalue weighted by molar-refractivity contribution is -0.131. The Kier molecular flexibility index (Phi) is 6.96. The van der Waals surface area contributed by atoms with Crippen molar-refractivity contribution in [2.75, 3.05) is 11.5 Å². The van der Waals surface area contributed by atoms with Crippen molar-refractivity contribution >= 4 is 54.6 Å². The summed E-state index contributed by atoms with van der Waals surface area (Å²) in [7, 11) is 0. The molecule has 0 saturated heterocycles. The van der Waals surface area contributed by atoms with E-state index in [-0.39, 0.29) is 0 Å². The molecule has 0 aliphatic heterocycles. The third kappa shape index (κ3) is 5.39. The first-order valence-electron chi connectivity index (χ1n) is 3.17. The molecule has 7 nitrogen and oxygen atoms in total. The standard InChI is InChI=1S/C5H5Br2N3.H2O4S/c6-3-4(9)2(8)1-10-5(3)7;1-4-5(2)3/h1H,8H2,(H2,9,10);1H,(H,2,3). The van der Waals surface area contributed by atoms with Gasteiger partial charge in [-0.3, -0.25) is 4.55 Å². The summed E-state index contributed by atoms with van der Waals surface area (Å²) in [5, 5.41) is 7.09. The minimum absolute atomic E-state index is 0.482. The molecule has 0 aromatic carbocycles. The van der Waals surface area contributed by atoms with Gasteiger partial charge in [0.2, 0.25) is 0 Å². The zero-order valence-electron chi connectivity index (χ0n) is 7.05. The summed E-state index contributed by atoms with van der Waals surface area (Å²) in [5.41, 5.74) is 12.0. The van der Waals surface area contributed by atoms with E-state index in [0.29, 0.717) is 20.5 Å². The molecular weight excluding hydrogens is 358 g/mol. The summed E-state index contributed by atoms with van der Waals surface area (Å²) in [6.45, 7) is 0. The topological polar surface area (TPSA) is 132 Å². The Balaban J connectivity index is 0.000000336. The second kappa shape index (κ2) is 7.09. The number of halogens is 2. The summed E-state index contributed by atoms with van der Waals surface area (Å²) in [6.07, 6.45) is 1.50. The van der Waals surface area contributed by atoms with Crippen LogP contribution >= 0.6 is 31.9 Å². The van der Waals surface area contributed by atoms with Gasteiger partial charge in [-0.05, 0) is 31.9 Å². The minimum Gasteiger partial charge on any atom is -0.396 e. The molecule has 15 heavy (non-hydrogen) atoms. The molecule has 1 aromatic heterocycles. The van der Waals surface area contributed by atoms with Crippen LogP contribution in [0.3, 0.4) is 0 Å². The number of rotatable bonds is 1. The first-order valence-corrected chi connectivity index (χ1v) is 5.79. The Labute approximate surface area is 104 Å². The fraction of sp³-hybridized carbons (Fsp3) is 0. The first kappa shape index (κ1) is 14.7. The van der Waals surface area contributed by atoms with Gasteiger partial charge in [-0.15, -0.1) is 4.33 Å². The minimum atomic E-state index is -2.52. The highest BCUT2D eigenvalue weighted by atomic mass is 79.9. The second-order valence-electron chi connectivity index (χ2n) is 2.02. The number of hydrogen-bond acceptors (Lipinski definition) is 6. The molecular formula is C5H7Br2N3O4S. The molecule has 1 aromatic rings.